The topological polar surface area (TPSA) is 131 Å². The van der Waals surface area contributed by atoms with E-state index >= 15 is 0 Å². The van der Waals surface area contributed by atoms with Gasteiger partial charge < -0.3 is 35.4 Å². The van der Waals surface area contributed by atoms with E-state index in [1.54, 1.807) is 24.3 Å². The SMILES string of the molecule is COc1cc(C(c2ccc(O)cc2)C(CO)C(CO)c2cc(O)cc(O)c2)ccc1O. The lowest BCUT2D eigenvalue weighted by Gasteiger charge is -2.33. The van der Waals surface area contributed by atoms with E-state index in [0.717, 1.165) is 5.56 Å². The average Bonchev–Trinajstić information content (AvgIpc) is 2.74. The van der Waals surface area contributed by atoms with Crippen LogP contribution in [0.1, 0.15) is 28.5 Å². The van der Waals surface area contributed by atoms with Crippen molar-refractivity contribution >= 4 is 0 Å². The van der Waals surface area contributed by atoms with Crippen LogP contribution < -0.4 is 4.74 Å². The molecular formula is C24H26O7. The van der Waals surface area contributed by atoms with E-state index in [1.807, 2.05) is 0 Å². The number of hydrogen-bond acceptors (Lipinski definition) is 7. The zero-order valence-corrected chi connectivity index (χ0v) is 17.0. The minimum Gasteiger partial charge on any atom is -0.508 e. The van der Waals surface area contributed by atoms with Gasteiger partial charge in [0.25, 0.3) is 0 Å². The summed E-state index contributed by atoms with van der Waals surface area (Å²) in [6.45, 7) is -0.672. The highest BCUT2D eigenvalue weighted by Crippen LogP contribution is 2.43. The molecule has 0 heterocycles. The zero-order chi connectivity index (χ0) is 22.5. The van der Waals surface area contributed by atoms with Gasteiger partial charge in [-0.1, -0.05) is 18.2 Å². The second kappa shape index (κ2) is 9.59. The molecule has 164 valence electrons. The van der Waals surface area contributed by atoms with Crippen molar-refractivity contribution in [1.29, 1.82) is 0 Å². The lowest BCUT2D eigenvalue weighted by molar-refractivity contribution is 0.147. The average molecular weight is 426 g/mol. The summed E-state index contributed by atoms with van der Waals surface area (Å²) < 4.78 is 5.24. The van der Waals surface area contributed by atoms with Crippen molar-refractivity contribution in [1.82, 2.24) is 0 Å². The Bertz CT molecular complexity index is 997. The molecule has 0 spiro atoms. The molecule has 3 rings (SSSR count). The monoisotopic (exact) mass is 426 g/mol. The highest BCUT2D eigenvalue weighted by atomic mass is 16.5. The summed E-state index contributed by atoms with van der Waals surface area (Å²) >= 11 is 0. The Labute approximate surface area is 180 Å². The van der Waals surface area contributed by atoms with Gasteiger partial charge in [0, 0.05) is 30.4 Å². The lowest BCUT2D eigenvalue weighted by atomic mass is 9.72. The third-order valence-corrected chi connectivity index (χ3v) is 5.52. The number of benzene rings is 3. The van der Waals surface area contributed by atoms with Crippen LogP contribution in [-0.4, -0.2) is 51.0 Å². The largest absolute Gasteiger partial charge is 0.508 e. The van der Waals surface area contributed by atoms with Crippen LogP contribution in [-0.2, 0) is 0 Å². The Morgan fingerprint density at radius 3 is 1.84 bits per heavy atom. The molecule has 7 nitrogen and oxygen atoms in total. The van der Waals surface area contributed by atoms with Crippen LogP contribution in [0.4, 0.5) is 0 Å². The molecule has 0 fully saturated rings. The molecule has 0 aliphatic rings. The molecular weight excluding hydrogens is 400 g/mol. The fraction of sp³-hybridized carbons (Fsp3) is 0.250. The highest BCUT2D eigenvalue weighted by Gasteiger charge is 2.33. The highest BCUT2D eigenvalue weighted by molar-refractivity contribution is 5.47. The van der Waals surface area contributed by atoms with Gasteiger partial charge in [-0.3, -0.25) is 0 Å². The van der Waals surface area contributed by atoms with Crippen molar-refractivity contribution in [3.63, 3.8) is 0 Å². The first-order valence-electron chi connectivity index (χ1n) is 9.78. The maximum absolute atomic E-state index is 10.4. The Hall–Kier alpha value is -3.42. The summed E-state index contributed by atoms with van der Waals surface area (Å²) in [5.41, 5.74) is 1.93. The first-order chi connectivity index (χ1) is 14.9. The predicted molar refractivity (Wildman–Crippen MR) is 115 cm³/mol. The van der Waals surface area contributed by atoms with E-state index in [1.165, 1.54) is 43.5 Å². The van der Waals surface area contributed by atoms with Gasteiger partial charge in [0.15, 0.2) is 11.5 Å². The molecule has 0 saturated carbocycles. The summed E-state index contributed by atoms with van der Waals surface area (Å²) in [6, 6.07) is 15.4. The molecule has 0 bridgehead atoms. The predicted octanol–water partition coefficient (Wildman–Crippen LogP) is 3.03. The third kappa shape index (κ3) is 4.84. The Balaban J connectivity index is 2.16. The maximum atomic E-state index is 10.4. The number of phenolic OH excluding ortho intramolecular Hbond substituents is 4. The molecule has 0 aliphatic carbocycles. The lowest BCUT2D eigenvalue weighted by Crippen LogP contribution is -2.27. The maximum Gasteiger partial charge on any atom is 0.160 e. The number of rotatable bonds is 8. The Morgan fingerprint density at radius 2 is 1.29 bits per heavy atom. The van der Waals surface area contributed by atoms with Crippen LogP contribution in [0.15, 0.2) is 60.7 Å². The number of methoxy groups -OCH3 is 1. The molecule has 3 aromatic carbocycles. The summed E-state index contributed by atoms with van der Waals surface area (Å²) in [5.74, 6) is -1.69. The molecule has 31 heavy (non-hydrogen) atoms. The van der Waals surface area contributed by atoms with Crippen molar-refractivity contribution in [2.24, 2.45) is 5.92 Å². The van der Waals surface area contributed by atoms with Crippen molar-refractivity contribution in [2.45, 2.75) is 11.8 Å². The number of aliphatic hydroxyl groups is 2. The van der Waals surface area contributed by atoms with Gasteiger partial charge >= 0.3 is 0 Å². The van der Waals surface area contributed by atoms with Gasteiger partial charge in [0.05, 0.1) is 13.7 Å². The van der Waals surface area contributed by atoms with Crippen LogP contribution in [0, 0.1) is 5.92 Å². The van der Waals surface area contributed by atoms with Gasteiger partial charge in [-0.2, -0.15) is 0 Å². The summed E-state index contributed by atoms with van der Waals surface area (Å²) in [7, 11) is 1.43. The molecule has 0 radical (unpaired) electrons. The first-order valence-corrected chi connectivity index (χ1v) is 9.78. The smallest absolute Gasteiger partial charge is 0.160 e. The van der Waals surface area contributed by atoms with Crippen molar-refractivity contribution in [2.75, 3.05) is 20.3 Å². The number of hydrogen-bond donors (Lipinski definition) is 6. The third-order valence-electron chi connectivity index (χ3n) is 5.52. The first kappa shape index (κ1) is 22.3. The van der Waals surface area contributed by atoms with E-state index < -0.39 is 17.8 Å². The molecule has 0 amide bonds. The van der Waals surface area contributed by atoms with Crippen LogP contribution in [0.5, 0.6) is 28.7 Å². The number of phenols is 4. The summed E-state index contributed by atoms with van der Waals surface area (Å²) in [4.78, 5) is 0. The zero-order valence-electron chi connectivity index (χ0n) is 17.0. The van der Waals surface area contributed by atoms with E-state index in [4.69, 9.17) is 4.74 Å². The van der Waals surface area contributed by atoms with E-state index in [2.05, 4.69) is 0 Å². The van der Waals surface area contributed by atoms with Crippen LogP contribution in [0.25, 0.3) is 0 Å². The van der Waals surface area contributed by atoms with Gasteiger partial charge in [-0.25, -0.2) is 0 Å². The Kier molecular flexibility index (Phi) is 6.89. The molecule has 7 heteroatoms. The standard InChI is InChI=1S/C24H26O7/c1-31-23-10-15(4-7-22(23)30)24(14-2-5-17(27)6-3-14)21(13-26)20(12-25)16-8-18(28)11-19(29)9-16/h2-11,20-21,24-30H,12-13H2,1H3. The van der Waals surface area contributed by atoms with Crippen molar-refractivity contribution in [3.05, 3.63) is 77.4 Å². The number of aromatic hydroxyl groups is 4. The molecule has 6 N–H and O–H groups in total. The second-order valence-electron chi connectivity index (χ2n) is 7.42. The summed E-state index contributed by atoms with van der Waals surface area (Å²) in [6.07, 6.45) is 0. The minimum absolute atomic E-state index is 0.0344. The van der Waals surface area contributed by atoms with Crippen LogP contribution >= 0.6 is 0 Å². The fourth-order valence-electron chi connectivity index (χ4n) is 4.04. The van der Waals surface area contributed by atoms with E-state index in [9.17, 15) is 30.6 Å². The molecule has 3 unspecified atom stereocenters. The van der Waals surface area contributed by atoms with Crippen molar-refractivity contribution < 1.29 is 35.4 Å². The Morgan fingerprint density at radius 1 is 0.677 bits per heavy atom. The minimum atomic E-state index is -0.637. The van der Waals surface area contributed by atoms with Gasteiger partial charge in [0.2, 0.25) is 0 Å². The quantitative estimate of drug-likeness (QED) is 0.326. The van der Waals surface area contributed by atoms with Crippen LogP contribution in [0.2, 0.25) is 0 Å². The number of ether oxygens (including phenoxy) is 1. The van der Waals surface area contributed by atoms with E-state index in [-0.39, 0.29) is 42.0 Å². The molecule has 0 aromatic heterocycles. The number of aliphatic hydroxyl groups excluding tert-OH is 2. The van der Waals surface area contributed by atoms with Crippen LogP contribution in [0.3, 0.4) is 0 Å². The van der Waals surface area contributed by atoms with Gasteiger partial charge in [-0.05, 0) is 53.1 Å². The molecule has 0 saturated heterocycles. The van der Waals surface area contributed by atoms with Gasteiger partial charge in [-0.15, -0.1) is 0 Å². The second-order valence-corrected chi connectivity index (χ2v) is 7.42. The van der Waals surface area contributed by atoms with Crippen molar-refractivity contribution in [3.8, 4) is 28.7 Å². The van der Waals surface area contributed by atoms with E-state index in [0.29, 0.717) is 11.1 Å². The molecule has 3 atom stereocenters. The molecule has 3 aromatic rings. The normalized spacial score (nSPS) is 14.0. The summed E-state index contributed by atoms with van der Waals surface area (Å²) in [5, 5.41) is 60.2. The molecule has 0 aliphatic heterocycles. The fourth-order valence-corrected chi connectivity index (χ4v) is 4.04. The van der Waals surface area contributed by atoms with Gasteiger partial charge in [0.1, 0.15) is 17.2 Å².